The van der Waals surface area contributed by atoms with Gasteiger partial charge < -0.3 is 9.80 Å². The molecule has 31 heavy (non-hydrogen) atoms. The Labute approximate surface area is 182 Å². The number of anilines is 1. The molecule has 1 aromatic heterocycles. The van der Waals surface area contributed by atoms with E-state index < -0.39 is 9.84 Å². The lowest BCUT2D eigenvalue weighted by Crippen LogP contribution is -2.39. The summed E-state index contributed by atoms with van der Waals surface area (Å²) in [6, 6.07) is 6.30. The fourth-order valence-corrected chi connectivity index (χ4v) is 5.18. The molecule has 2 aliphatic rings. The first-order valence-corrected chi connectivity index (χ1v) is 12.5. The van der Waals surface area contributed by atoms with Crippen molar-refractivity contribution < 1.29 is 17.6 Å². The number of piperidine rings is 1. The van der Waals surface area contributed by atoms with E-state index in [-0.39, 0.29) is 29.0 Å². The van der Waals surface area contributed by atoms with Crippen LogP contribution < -0.4 is 4.90 Å². The maximum atomic E-state index is 13.9. The summed E-state index contributed by atoms with van der Waals surface area (Å²) in [6.45, 7) is 2.73. The Bertz CT molecular complexity index is 1060. The number of aromatic nitrogens is 2. The molecule has 2 fully saturated rings. The summed E-state index contributed by atoms with van der Waals surface area (Å²) < 4.78 is 38.6. The molecule has 0 atom stereocenters. The molecule has 2 saturated heterocycles. The fourth-order valence-electron chi connectivity index (χ4n) is 4.34. The Morgan fingerprint density at radius 3 is 2.45 bits per heavy atom. The van der Waals surface area contributed by atoms with E-state index in [2.05, 4.69) is 14.9 Å². The topological polar surface area (TPSA) is 83.5 Å². The Kier molecular flexibility index (Phi) is 6.22. The summed E-state index contributed by atoms with van der Waals surface area (Å²) in [5.41, 5.74) is 0.945. The van der Waals surface area contributed by atoms with Crippen molar-refractivity contribution in [3.63, 3.8) is 0 Å². The van der Waals surface area contributed by atoms with E-state index in [0.717, 1.165) is 25.9 Å². The van der Waals surface area contributed by atoms with Crippen molar-refractivity contribution in [3.8, 4) is 0 Å². The molecule has 0 bridgehead atoms. The van der Waals surface area contributed by atoms with Crippen molar-refractivity contribution in [2.45, 2.75) is 42.9 Å². The molecule has 2 aliphatic heterocycles. The lowest BCUT2D eigenvalue weighted by molar-refractivity contribution is -0.131. The predicted octanol–water partition coefficient (Wildman–Crippen LogP) is 2.57. The smallest absolute Gasteiger partial charge is 0.227 e. The van der Waals surface area contributed by atoms with Gasteiger partial charge in [0.25, 0.3) is 0 Å². The molecule has 0 saturated carbocycles. The van der Waals surface area contributed by atoms with Crippen molar-refractivity contribution in [1.29, 1.82) is 0 Å². The molecular weight excluding hydrogens is 419 g/mol. The van der Waals surface area contributed by atoms with Gasteiger partial charge in [-0.1, -0.05) is 18.2 Å². The number of hydrogen-bond acceptors (Lipinski definition) is 6. The van der Waals surface area contributed by atoms with Crippen LogP contribution in [-0.2, 0) is 21.1 Å². The number of likely N-dealkylation sites (tertiary alicyclic amines) is 1. The average molecular weight is 447 g/mol. The van der Waals surface area contributed by atoms with Crippen LogP contribution in [-0.4, -0.2) is 61.6 Å². The van der Waals surface area contributed by atoms with Crippen LogP contribution in [0.4, 0.5) is 10.3 Å². The van der Waals surface area contributed by atoms with E-state index in [9.17, 15) is 17.6 Å². The van der Waals surface area contributed by atoms with Gasteiger partial charge in [0, 0.05) is 38.4 Å². The second-order valence-corrected chi connectivity index (χ2v) is 10.3. The Balaban J connectivity index is 1.49. The zero-order valence-corrected chi connectivity index (χ0v) is 18.4. The van der Waals surface area contributed by atoms with E-state index in [1.165, 1.54) is 18.5 Å². The van der Waals surface area contributed by atoms with Crippen molar-refractivity contribution in [2.75, 3.05) is 37.3 Å². The summed E-state index contributed by atoms with van der Waals surface area (Å²) in [7, 11) is -3.46. The number of amides is 1. The van der Waals surface area contributed by atoms with Gasteiger partial charge in [-0.05, 0) is 37.3 Å². The summed E-state index contributed by atoms with van der Waals surface area (Å²) >= 11 is 0. The minimum absolute atomic E-state index is 0.0263. The van der Waals surface area contributed by atoms with Crippen LogP contribution in [0.5, 0.6) is 0 Å². The number of sulfone groups is 1. The maximum Gasteiger partial charge on any atom is 0.227 e. The molecule has 4 rings (SSSR count). The van der Waals surface area contributed by atoms with E-state index in [1.54, 1.807) is 23.1 Å². The largest absolute Gasteiger partial charge is 0.342 e. The van der Waals surface area contributed by atoms with Crippen molar-refractivity contribution >= 4 is 21.7 Å². The van der Waals surface area contributed by atoms with Gasteiger partial charge in [0.1, 0.15) is 10.7 Å². The third-order valence-electron chi connectivity index (χ3n) is 6.09. The monoisotopic (exact) mass is 446 g/mol. The fraction of sp³-hybridized carbons (Fsp3) is 0.500. The molecule has 1 aromatic carbocycles. The van der Waals surface area contributed by atoms with E-state index in [0.29, 0.717) is 43.1 Å². The van der Waals surface area contributed by atoms with E-state index in [4.69, 9.17) is 0 Å². The van der Waals surface area contributed by atoms with Crippen molar-refractivity contribution in [3.05, 3.63) is 47.5 Å². The Hall–Kier alpha value is -2.55. The SMILES string of the molecule is CS(=O)(=O)c1cnc(N2CCCC2)nc1C1CCN(C(=O)Cc2ccccc2F)CC1. The summed E-state index contributed by atoms with van der Waals surface area (Å²) in [4.78, 5) is 25.6. The average Bonchev–Trinajstić information content (AvgIpc) is 3.29. The van der Waals surface area contributed by atoms with Crippen LogP contribution in [0.1, 0.15) is 42.9 Å². The van der Waals surface area contributed by atoms with Gasteiger partial charge in [-0.3, -0.25) is 4.79 Å². The Morgan fingerprint density at radius 1 is 1.13 bits per heavy atom. The van der Waals surface area contributed by atoms with Gasteiger partial charge in [0.2, 0.25) is 11.9 Å². The molecule has 0 radical (unpaired) electrons. The molecular formula is C22H27FN4O3S. The number of carbonyl (C=O) groups excluding carboxylic acids is 1. The molecule has 0 spiro atoms. The molecule has 0 aliphatic carbocycles. The number of halogens is 1. The number of nitrogens with zero attached hydrogens (tertiary/aromatic N) is 4. The summed E-state index contributed by atoms with van der Waals surface area (Å²) in [5, 5.41) is 0. The maximum absolute atomic E-state index is 13.9. The molecule has 3 heterocycles. The molecule has 1 amide bonds. The van der Waals surface area contributed by atoms with E-state index >= 15 is 0 Å². The van der Waals surface area contributed by atoms with Crippen LogP contribution in [0, 0.1) is 5.82 Å². The first-order chi connectivity index (χ1) is 14.8. The molecule has 9 heteroatoms. The first kappa shape index (κ1) is 21.7. The zero-order chi connectivity index (χ0) is 22.0. The van der Waals surface area contributed by atoms with Gasteiger partial charge in [0.05, 0.1) is 18.3 Å². The van der Waals surface area contributed by atoms with Crippen LogP contribution in [0.15, 0.2) is 35.4 Å². The highest BCUT2D eigenvalue weighted by Gasteiger charge is 2.30. The third-order valence-corrected chi connectivity index (χ3v) is 7.21. The molecule has 0 unspecified atom stereocenters. The lowest BCUT2D eigenvalue weighted by atomic mass is 9.93. The van der Waals surface area contributed by atoms with Crippen molar-refractivity contribution in [1.82, 2.24) is 14.9 Å². The van der Waals surface area contributed by atoms with Gasteiger partial charge in [-0.2, -0.15) is 0 Å². The van der Waals surface area contributed by atoms with Crippen LogP contribution in [0.2, 0.25) is 0 Å². The van der Waals surface area contributed by atoms with Gasteiger partial charge in [-0.25, -0.2) is 22.8 Å². The zero-order valence-electron chi connectivity index (χ0n) is 17.6. The lowest BCUT2D eigenvalue weighted by Gasteiger charge is -2.32. The first-order valence-electron chi connectivity index (χ1n) is 10.7. The molecule has 2 aromatic rings. The highest BCUT2D eigenvalue weighted by molar-refractivity contribution is 7.90. The van der Waals surface area contributed by atoms with Gasteiger partial charge in [-0.15, -0.1) is 0 Å². The Morgan fingerprint density at radius 2 is 1.81 bits per heavy atom. The highest BCUT2D eigenvalue weighted by Crippen LogP contribution is 2.32. The van der Waals surface area contributed by atoms with Gasteiger partial charge in [0.15, 0.2) is 9.84 Å². The predicted molar refractivity (Wildman–Crippen MR) is 115 cm³/mol. The second-order valence-electron chi connectivity index (χ2n) is 8.31. The molecule has 7 nitrogen and oxygen atoms in total. The molecule has 0 N–H and O–H groups in total. The number of hydrogen-bond donors (Lipinski definition) is 0. The van der Waals surface area contributed by atoms with Crippen LogP contribution >= 0.6 is 0 Å². The number of rotatable bonds is 5. The highest BCUT2D eigenvalue weighted by atomic mass is 32.2. The van der Waals surface area contributed by atoms with Crippen LogP contribution in [0.3, 0.4) is 0 Å². The third kappa shape index (κ3) is 4.87. The quantitative estimate of drug-likeness (QED) is 0.702. The van der Waals surface area contributed by atoms with Crippen molar-refractivity contribution in [2.24, 2.45) is 0 Å². The minimum atomic E-state index is -3.46. The van der Waals surface area contributed by atoms with Crippen LogP contribution in [0.25, 0.3) is 0 Å². The summed E-state index contributed by atoms with van der Waals surface area (Å²) in [5.74, 6) is 0.0239. The number of carbonyl (C=O) groups is 1. The summed E-state index contributed by atoms with van der Waals surface area (Å²) in [6.07, 6.45) is 6.02. The molecule has 166 valence electrons. The standard InChI is InChI=1S/C22H27FN4O3S/c1-31(29,30)19-15-24-22(27-10-4-5-11-27)25-21(19)16-8-12-26(13-9-16)20(28)14-17-6-2-3-7-18(17)23/h2-3,6-7,15-16H,4-5,8-14H2,1H3. The second kappa shape index (κ2) is 8.90. The number of benzene rings is 1. The minimum Gasteiger partial charge on any atom is -0.342 e. The van der Waals surface area contributed by atoms with Gasteiger partial charge >= 0.3 is 0 Å². The normalized spacial score (nSPS) is 17.9. The van der Waals surface area contributed by atoms with E-state index in [1.807, 2.05) is 0 Å².